The molecule has 0 aliphatic carbocycles. The third-order valence-electron chi connectivity index (χ3n) is 3.06. The highest BCUT2D eigenvalue weighted by atomic mass is 32.2. The predicted octanol–water partition coefficient (Wildman–Crippen LogP) is 3.82. The third-order valence-corrected chi connectivity index (χ3v) is 3.79. The summed E-state index contributed by atoms with van der Waals surface area (Å²) in [6, 6.07) is 14.9. The van der Waals surface area contributed by atoms with E-state index in [1.165, 1.54) is 0 Å². The second kappa shape index (κ2) is 7.75. The van der Waals surface area contributed by atoms with Crippen LogP contribution in [0.3, 0.4) is 0 Å². The number of ether oxygens (including phenoxy) is 2. The zero-order valence-electron chi connectivity index (χ0n) is 12.8. The first-order valence-corrected chi connectivity index (χ1v) is 8.10. The van der Waals surface area contributed by atoms with Crippen LogP contribution in [-0.4, -0.2) is 25.4 Å². The lowest BCUT2D eigenvalue weighted by atomic mass is 10.3. The number of carbonyl (C=O) groups excluding carboxylic acids is 1. The Labute approximate surface area is 134 Å². The van der Waals surface area contributed by atoms with Crippen molar-refractivity contribution in [3.8, 4) is 11.5 Å². The van der Waals surface area contributed by atoms with Crippen molar-refractivity contribution in [1.29, 1.82) is 0 Å². The lowest BCUT2D eigenvalue weighted by Gasteiger charge is -2.15. The molecular weight excluding hydrogens is 298 g/mol. The van der Waals surface area contributed by atoms with E-state index in [1.54, 1.807) is 37.9 Å². The number of benzene rings is 2. The van der Waals surface area contributed by atoms with Crippen LogP contribution in [0.25, 0.3) is 0 Å². The van der Waals surface area contributed by atoms with Crippen molar-refractivity contribution in [2.75, 3.05) is 18.7 Å². The van der Waals surface area contributed by atoms with Gasteiger partial charge in [-0.3, -0.25) is 4.79 Å². The molecule has 0 aromatic heterocycles. The maximum absolute atomic E-state index is 12.2. The van der Waals surface area contributed by atoms with Crippen molar-refractivity contribution in [3.05, 3.63) is 48.5 Å². The second-order valence-electron chi connectivity index (χ2n) is 4.66. The number of hydrogen-bond acceptors (Lipinski definition) is 4. The molecule has 0 bridgehead atoms. The summed E-state index contributed by atoms with van der Waals surface area (Å²) in [5.41, 5.74) is 0.762. The molecule has 0 spiro atoms. The van der Waals surface area contributed by atoms with Crippen molar-refractivity contribution in [1.82, 2.24) is 0 Å². The van der Waals surface area contributed by atoms with E-state index in [0.29, 0.717) is 11.5 Å². The summed E-state index contributed by atoms with van der Waals surface area (Å²) in [5.74, 6) is 1.10. The zero-order chi connectivity index (χ0) is 15.9. The summed E-state index contributed by atoms with van der Waals surface area (Å²) in [6.45, 7) is 1.72. The van der Waals surface area contributed by atoms with Gasteiger partial charge in [-0.1, -0.05) is 12.1 Å². The van der Waals surface area contributed by atoms with Gasteiger partial charge in [0, 0.05) is 16.6 Å². The van der Waals surface area contributed by atoms with Crippen LogP contribution in [0.15, 0.2) is 53.4 Å². The molecular formula is C17H19NO3S. The summed E-state index contributed by atoms with van der Waals surface area (Å²) in [4.78, 5) is 13.3. The predicted molar refractivity (Wildman–Crippen MR) is 89.9 cm³/mol. The average Bonchev–Trinajstić information content (AvgIpc) is 2.55. The quantitative estimate of drug-likeness (QED) is 0.823. The van der Waals surface area contributed by atoms with E-state index in [2.05, 4.69) is 5.32 Å². The highest BCUT2D eigenvalue weighted by molar-refractivity contribution is 7.98. The van der Waals surface area contributed by atoms with Gasteiger partial charge in [0.05, 0.1) is 7.11 Å². The minimum absolute atomic E-state index is 0.193. The van der Waals surface area contributed by atoms with Gasteiger partial charge >= 0.3 is 0 Å². The minimum Gasteiger partial charge on any atom is -0.497 e. The number of carbonyl (C=O) groups is 1. The van der Waals surface area contributed by atoms with Gasteiger partial charge in [0.15, 0.2) is 6.10 Å². The molecule has 0 aliphatic heterocycles. The van der Waals surface area contributed by atoms with Gasteiger partial charge in [0.1, 0.15) is 11.5 Å². The minimum atomic E-state index is -0.606. The molecule has 22 heavy (non-hydrogen) atoms. The van der Waals surface area contributed by atoms with Crippen molar-refractivity contribution in [2.45, 2.75) is 17.9 Å². The Balaban J connectivity index is 1.99. The molecule has 1 amide bonds. The van der Waals surface area contributed by atoms with Gasteiger partial charge in [-0.25, -0.2) is 0 Å². The smallest absolute Gasteiger partial charge is 0.265 e. The van der Waals surface area contributed by atoms with Gasteiger partial charge in [-0.05, 0) is 43.5 Å². The number of anilines is 1. The van der Waals surface area contributed by atoms with E-state index >= 15 is 0 Å². The highest BCUT2D eigenvalue weighted by Gasteiger charge is 2.15. The third kappa shape index (κ3) is 4.43. The Bertz CT molecular complexity index is 645. The van der Waals surface area contributed by atoms with Crippen LogP contribution >= 0.6 is 11.8 Å². The molecule has 2 rings (SSSR count). The molecule has 0 heterocycles. The van der Waals surface area contributed by atoms with Crippen molar-refractivity contribution in [3.63, 3.8) is 0 Å². The fraction of sp³-hybridized carbons (Fsp3) is 0.235. The van der Waals surface area contributed by atoms with Crippen molar-refractivity contribution < 1.29 is 14.3 Å². The fourth-order valence-corrected chi connectivity index (χ4v) is 2.34. The van der Waals surface area contributed by atoms with Crippen molar-refractivity contribution in [2.24, 2.45) is 0 Å². The molecule has 2 aromatic rings. The number of nitrogens with one attached hydrogen (secondary N) is 1. The van der Waals surface area contributed by atoms with E-state index in [0.717, 1.165) is 10.6 Å². The summed E-state index contributed by atoms with van der Waals surface area (Å²) in [5, 5.41) is 2.86. The normalized spacial score (nSPS) is 11.6. The lowest BCUT2D eigenvalue weighted by molar-refractivity contribution is -0.122. The number of hydrogen-bond donors (Lipinski definition) is 1. The van der Waals surface area contributed by atoms with E-state index < -0.39 is 6.10 Å². The Morgan fingerprint density at radius 3 is 2.59 bits per heavy atom. The van der Waals surface area contributed by atoms with Gasteiger partial charge in [-0.2, -0.15) is 0 Å². The summed E-state index contributed by atoms with van der Waals surface area (Å²) in [6.07, 6.45) is 1.39. The van der Waals surface area contributed by atoms with E-state index in [4.69, 9.17) is 9.47 Å². The second-order valence-corrected chi connectivity index (χ2v) is 5.54. The summed E-state index contributed by atoms with van der Waals surface area (Å²) in [7, 11) is 1.59. The van der Waals surface area contributed by atoms with Crippen LogP contribution in [0.4, 0.5) is 5.69 Å². The van der Waals surface area contributed by atoms with Crippen LogP contribution in [0, 0.1) is 0 Å². The number of amides is 1. The first kappa shape index (κ1) is 16.2. The fourth-order valence-electron chi connectivity index (χ4n) is 1.88. The van der Waals surface area contributed by atoms with Gasteiger partial charge < -0.3 is 14.8 Å². The molecule has 1 N–H and O–H groups in total. The molecule has 0 aliphatic rings. The average molecular weight is 317 g/mol. The molecule has 0 radical (unpaired) electrons. The first-order valence-electron chi connectivity index (χ1n) is 6.88. The van der Waals surface area contributed by atoms with Gasteiger partial charge in [-0.15, -0.1) is 11.8 Å². The Morgan fingerprint density at radius 1 is 1.14 bits per heavy atom. The zero-order valence-corrected chi connectivity index (χ0v) is 13.6. The van der Waals surface area contributed by atoms with Crippen LogP contribution in [0.2, 0.25) is 0 Å². The Morgan fingerprint density at radius 2 is 1.86 bits per heavy atom. The van der Waals surface area contributed by atoms with Gasteiger partial charge in [0.2, 0.25) is 0 Å². The number of rotatable bonds is 6. The van der Waals surface area contributed by atoms with Gasteiger partial charge in [0.25, 0.3) is 5.91 Å². The highest BCUT2D eigenvalue weighted by Crippen LogP contribution is 2.21. The van der Waals surface area contributed by atoms with Crippen molar-refractivity contribution >= 4 is 23.4 Å². The topological polar surface area (TPSA) is 47.6 Å². The Kier molecular flexibility index (Phi) is 5.72. The molecule has 2 aromatic carbocycles. The summed E-state index contributed by atoms with van der Waals surface area (Å²) >= 11 is 1.63. The molecule has 4 nitrogen and oxygen atoms in total. The van der Waals surface area contributed by atoms with E-state index in [1.807, 2.05) is 42.7 Å². The van der Waals surface area contributed by atoms with Crippen LogP contribution in [-0.2, 0) is 4.79 Å². The molecule has 0 saturated carbocycles. The molecule has 0 unspecified atom stereocenters. The largest absolute Gasteiger partial charge is 0.497 e. The van der Waals surface area contributed by atoms with Crippen LogP contribution < -0.4 is 14.8 Å². The molecule has 0 saturated heterocycles. The monoisotopic (exact) mass is 317 g/mol. The van der Waals surface area contributed by atoms with Crippen LogP contribution in [0.1, 0.15) is 6.92 Å². The maximum atomic E-state index is 12.2. The number of thioether (sulfide) groups is 1. The standard InChI is InChI=1S/C17H19NO3S/c1-12(21-15-8-5-7-14(11-15)20-2)17(19)18-13-6-4-9-16(10-13)22-3/h4-12H,1-3H3,(H,18,19)/t12-/m1/s1. The number of methoxy groups -OCH3 is 1. The molecule has 5 heteroatoms. The molecule has 1 atom stereocenters. The van der Waals surface area contributed by atoms with Crippen LogP contribution in [0.5, 0.6) is 11.5 Å². The summed E-state index contributed by atoms with van der Waals surface area (Å²) < 4.78 is 10.8. The van der Waals surface area contributed by atoms with E-state index in [9.17, 15) is 4.79 Å². The maximum Gasteiger partial charge on any atom is 0.265 e. The molecule has 116 valence electrons. The SMILES string of the molecule is COc1cccc(O[C@H](C)C(=O)Nc2cccc(SC)c2)c1. The Hall–Kier alpha value is -2.14. The lowest BCUT2D eigenvalue weighted by Crippen LogP contribution is -2.30. The van der Waals surface area contributed by atoms with E-state index in [-0.39, 0.29) is 5.91 Å². The first-order chi connectivity index (χ1) is 10.6. The molecule has 0 fully saturated rings.